The Morgan fingerprint density at radius 1 is 0.879 bits per heavy atom. The van der Waals surface area contributed by atoms with E-state index in [1.165, 1.54) is 0 Å². The highest BCUT2D eigenvalue weighted by atomic mass is 16.3. The molecule has 2 unspecified atom stereocenters. The van der Waals surface area contributed by atoms with E-state index in [1.54, 1.807) is 0 Å². The van der Waals surface area contributed by atoms with Gasteiger partial charge in [0.25, 0.3) is 0 Å². The van der Waals surface area contributed by atoms with E-state index in [-0.39, 0.29) is 42.2 Å². The first kappa shape index (κ1) is 25.8. The van der Waals surface area contributed by atoms with Gasteiger partial charge in [0.05, 0.1) is 37.6 Å². The molecule has 0 saturated heterocycles. The first-order valence-corrected chi connectivity index (χ1v) is 13.5. The van der Waals surface area contributed by atoms with E-state index in [4.69, 9.17) is 0 Å². The van der Waals surface area contributed by atoms with Crippen LogP contribution in [0.4, 0.5) is 0 Å². The van der Waals surface area contributed by atoms with Crippen molar-refractivity contribution in [2.75, 3.05) is 13.2 Å². The van der Waals surface area contributed by atoms with Gasteiger partial charge in [0, 0.05) is 5.92 Å². The molecule has 4 aliphatic carbocycles. The van der Waals surface area contributed by atoms with E-state index < -0.39 is 18.1 Å². The standard InChI is InChI=1S/C27H48O6/c1-15(4-7-22(31)16(13-28)14-29)19-5-6-20-25-21(12-24(33)27(19,20)3)26(2)9-8-18(30)10-17(26)11-23(25)32/h15-25,28-33H,4-14H2,1-3H3/t15-,17?,18-,19-,20+,21+,22?,23-,24+,25+,26+,27-/m1/s1. The van der Waals surface area contributed by atoms with E-state index in [1.807, 2.05) is 0 Å². The molecule has 6 N–H and O–H groups in total. The summed E-state index contributed by atoms with van der Waals surface area (Å²) in [5.74, 6) is 1.29. The fraction of sp³-hybridized carbons (Fsp3) is 1.00. The summed E-state index contributed by atoms with van der Waals surface area (Å²) in [5.41, 5.74) is -0.153. The highest BCUT2D eigenvalue weighted by Gasteiger charge is 2.65. The molecule has 4 aliphatic rings. The average molecular weight is 469 g/mol. The van der Waals surface area contributed by atoms with Crippen LogP contribution in [0.1, 0.15) is 78.6 Å². The number of hydrogen-bond acceptors (Lipinski definition) is 6. The minimum atomic E-state index is -0.716. The molecule has 0 amide bonds. The van der Waals surface area contributed by atoms with Crippen LogP contribution in [-0.4, -0.2) is 68.3 Å². The number of hydrogen-bond donors (Lipinski definition) is 6. The van der Waals surface area contributed by atoms with Crippen LogP contribution in [0.5, 0.6) is 0 Å². The van der Waals surface area contributed by atoms with Gasteiger partial charge in [-0.25, -0.2) is 0 Å². The number of fused-ring (bicyclic) bond motifs is 5. The molecule has 4 rings (SSSR count). The molecule has 0 aliphatic heterocycles. The lowest BCUT2D eigenvalue weighted by atomic mass is 9.43. The van der Waals surface area contributed by atoms with E-state index in [9.17, 15) is 30.6 Å². The number of aliphatic hydroxyl groups excluding tert-OH is 6. The Balaban J connectivity index is 1.51. The first-order chi connectivity index (χ1) is 15.6. The maximum absolute atomic E-state index is 11.6. The molecule has 192 valence electrons. The highest BCUT2D eigenvalue weighted by molar-refractivity contribution is 5.14. The fourth-order valence-electron chi connectivity index (χ4n) is 9.30. The summed E-state index contributed by atoms with van der Waals surface area (Å²) in [6, 6.07) is 0. The van der Waals surface area contributed by atoms with Crippen molar-refractivity contribution in [1.29, 1.82) is 0 Å². The Labute approximate surface area is 199 Å². The molecule has 0 aromatic rings. The van der Waals surface area contributed by atoms with Gasteiger partial charge in [-0.3, -0.25) is 0 Å². The molecule has 6 heteroatoms. The van der Waals surface area contributed by atoms with Gasteiger partial charge in [-0.15, -0.1) is 0 Å². The summed E-state index contributed by atoms with van der Waals surface area (Å²) >= 11 is 0. The molecule has 4 saturated carbocycles. The van der Waals surface area contributed by atoms with Crippen LogP contribution in [0.15, 0.2) is 0 Å². The summed E-state index contributed by atoms with van der Waals surface area (Å²) in [6.45, 7) is 6.39. The lowest BCUT2D eigenvalue weighted by Crippen LogP contribution is -2.62. The van der Waals surface area contributed by atoms with Crippen LogP contribution >= 0.6 is 0 Å². The molecule has 4 fully saturated rings. The van der Waals surface area contributed by atoms with Crippen LogP contribution in [0, 0.1) is 52.3 Å². The minimum absolute atomic E-state index is 0.0862. The van der Waals surface area contributed by atoms with Crippen LogP contribution in [0.25, 0.3) is 0 Å². The smallest absolute Gasteiger partial charge is 0.0612 e. The van der Waals surface area contributed by atoms with E-state index in [0.29, 0.717) is 36.0 Å². The summed E-state index contributed by atoms with van der Waals surface area (Å²) in [6.07, 6.45) is 5.77. The van der Waals surface area contributed by atoms with Crippen LogP contribution in [-0.2, 0) is 0 Å². The summed E-state index contributed by atoms with van der Waals surface area (Å²) in [5, 5.41) is 62.4. The van der Waals surface area contributed by atoms with Crippen molar-refractivity contribution in [3.63, 3.8) is 0 Å². The highest BCUT2D eigenvalue weighted by Crippen LogP contribution is 2.68. The molecular formula is C27H48O6. The van der Waals surface area contributed by atoms with Gasteiger partial charge < -0.3 is 30.6 Å². The molecule has 12 atom stereocenters. The second kappa shape index (κ2) is 9.67. The number of aliphatic hydroxyl groups is 6. The molecule has 0 spiro atoms. The lowest BCUT2D eigenvalue weighted by Gasteiger charge is -2.63. The fourth-order valence-corrected chi connectivity index (χ4v) is 9.30. The zero-order chi connectivity index (χ0) is 24.1. The Morgan fingerprint density at radius 2 is 1.58 bits per heavy atom. The largest absolute Gasteiger partial charge is 0.396 e. The van der Waals surface area contributed by atoms with Crippen molar-refractivity contribution < 1.29 is 30.6 Å². The third-order valence-corrected chi connectivity index (χ3v) is 11.5. The molecule has 33 heavy (non-hydrogen) atoms. The third kappa shape index (κ3) is 4.21. The molecule has 0 heterocycles. The molecule has 0 bridgehead atoms. The number of rotatable bonds is 7. The second-order valence-corrected chi connectivity index (χ2v) is 12.8. The molecule has 0 aromatic heterocycles. The van der Waals surface area contributed by atoms with Crippen molar-refractivity contribution in [1.82, 2.24) is 0 Å². The Kier molecular flexibility index (Phi) is 7.57. The van der Waals surface area contributed by atoms with Crippen LogP contribution in [0.3, 0.4) is 0 Å². The van der Waals surface area contributed by atoms with Gasteiger partial charge in [-0.2, -0.15) is 0 Å². The van der Waals surface area contributed by atoms with Gasteiger partial charge in [-0.05, 0) is 104 Å². The van der Waals surface area contributed by atoms with Crippen LogP contribution in [0.2, 0.25) is 0 Å². The molecule has 6 nitrogen and oxygen atoms in total. The van der Waals surface area contributed by atoms with Gasteiger partial charge in [0.1, 0.15) is 0 Å². The third-order valence-electron chi connectivity index (χ3n) is 11.5. The average Bonchev–Trinajstić information content (AvgIpc) is 3.13. The maximum Gasteiger partial charge on any atom is 0.0612 e. The minimum Gasteiger partial charge on any atom is -0.396 e. The SMILES string of the molecule is C[C@H](CCC(O)C(CO)CO)[C@H]1CC[C@H]2[C@@H]3[C@H](O)CC4C[C@H](O)CC[C@]4(C)[C@H]3C[C@H](O)[C@]12C. The van der Waals surface area contributed by atoms with Crippen molar-refractivity contribution in [3.05, 3.63) is 0 Å². The van der Waals surface area contributed by atoms with Crippen molar-refractivity contribution >= 4 is 0 Å². The summed E-state index contributed by atoms with van der Waals surface area (Å²) < 4.78 is 0. The Hall–Kier alpha value is -0.240. The van der Waals surface area contributed by atoms with Gasteiger partial charge in [-0.1, -0.05) is 20.8 Å². The monoisotopic (exact) mass is 468 g/mol. The first-order valence-electron chi connectivity index (χ1n) is 13.5. The quantitative estimate of drug-likeness (QED) is 0.341. The molecule has 0 radical (unpaired) electrons. The van der Waals surface area contributed by atoms with E-state index >= 15 is 0 Å². The van der Waals surface area contributed by atoms with Crippen molar-refractivity contribution in [2.45, 2.75) is 103 Å². The summed E-state index contributed by atoms with van der Waals surface area (Å²) in [4.78, 5) is 0. The summed E-state index contributed by atoms with van der Waals surface area (Å²) in [7, 11) is 0. The Morgan fingerprint density at radius 3 is 2.24 bits per heavy atom. The Bertz CT molecular complexity index is 669. The van der Waals surface area contributed by atoms with E-state index in [0.717, 1.165) is 51.4 Å². The van der Waals surface area contributed by atoms with Gasteiger partial charge in [0.15, 0.2) is 0 Å². The zero-order valence-corrected chi connectivity index (χ0v) is 20.8. The predicted octanol–water partition coefficient (Wildman–Crippen LogP) is 2.33. The van der Waals surface area contributed by atoms with E-state index in [2.05, 4.69) is 20.8 Å². The van der Waals surface area contributed by atoms with Gasteiger partial charge in [0.2, 0.25) is 0 Å². The molecular weight excluding hydrogens is 420 g/mol. The zero-order valence-electron chi connectivity index (χ0n) is 20.8. The predicted molar refractivity (Wildman–Crippen MR) is 126 cm³/mol. The molecule has 0 aromatic carbocycles. The van der Waals surface area contributed by atoms with Crippen molar-refractivity contribution in [2.24, 2.45) is 52.3 Å². The lowest BCUT2D eigenvalue weighted by molar-refractivity contribution is -0.207. The van der Waals surface area contributed by atoms with Crippen molar-refractivity contribution in [3.8, 4) is 0 Å². The second-order valence-electron chi connectivity index (χ2n) is 12.8. The topological polar surface area (TPSA) is 121 Å². The van der Waals surface area contributed by atoms with Crippen LogP contribution < -0.4 is 0 Å². The van der Waals surface area contributed by atoms with Gasteiger partial charge >= 0.3 is 0 Å². The maximum atomic E-state index is 11.6. The normalized spacial score (nSPS) is 49.3.